The second kappa shape index (κ2) is 5.99. The van der Waals surface area contributed by atoms with Crippen LogP contribution in [-0.2, 0) is 0 Å². The molecule has 0 heterocycles. The molecule has 0 aliphatic rings. The molecule has 1 rings (SSSR count). The molecule has 0 unspecified atom stereocenters. The zero-order chi connectivity index (χ0) is 11.6. The van der Waals surface area contributed by atoms with Crippen LogP contribution in [0.3, 0.4) is 0 Å². The highest BCUT2D eigenvalue weighted by Gasteiger charge is 2.13. The maximum atomic E-state index is 11.9. The summed E-state index contributed by atoms with van der Waals surface area (Å²) >= 11 is 6.69. The maximum Gasteiger partial charge on any atom is 0.252 e. The van der Waals surface area contributed by atoms with E-state index in [1.54, 1.807) is 0 Å². The molecular weight excluding hydrogens is 531 g/mol. The van der Waals surface area contributed by atoms with E-state index in [1.165, 1.54) is 0 Å². The van der Waals surface area contributed by atoms with Crippen LogP contribution in [0.15, 0.2) is 12.1 Å². The fourth-order valence-corrected chi connectivity index (χ4v) is 3.46. The molecule has 0 bridgehead atoms. The number of halogens is 3. The molecule has 1 amide bonds. The largest absolute Gasteiger partial charge is 0.350 e. The summed E-state index contributed by atoms with van der Waals surface area (Å²) in [6.45, 7) is 3.92. The molecule has 0 fully saturated rings. The van der Waals surface area contributed by atoms with Crippen LogP contribution in [0, 0.1) is 10.7 Å². The zero-order valence-electron chi connectivity index (χ0n) is 8.27. The smallest absolute Gasteiger partial charge is 0.252 e. The van der Waals surface area contributed by atoms with Crippen molar-refractivity contribution in [1.82, 2.24) is 5.32 Å². The van der Waals surface area contributed by atoms with Gasteiger partial charge in [-0.25, -0.2) is 0 Å². The Hall–Kier alpha value is 0.880. The van der Waals surface area contributed by atoms with E-state index in [-0.39, 0.29) is 11.9 Å². The fraction of sp³-hybridized carbons (Fsp3) is 0.300. The first kappa shape index (κ1) is 13.9. The Morgan fingerprint density at radius 1 is 1.27 bits per heavy atom. The number of rotatable bonds is 2. The van der Waals surface area contributed by atoms with Crippen LogP contribution in [0.4, 0.5) is 0 Å². The number of nitrogens with one attached hydrogen (secondary N) is 1. The summed E-state index contributed by atoms with van der Waals surface area (Å²) in [6, 6.07) is 4.15. The molecule has 0 saturated heterocycles. The van der Waals surface area contributed by atoms with Crippen LogP contribution in [0.5, 0.6) is 0 Å². The SMILES string of the molecule is CC(C)NC(=O)c1cc(I)cc(I)c1I. The molecular formula is C10H10I3NO. The van der Waals surface area contributed by atoms with Crippen molar-refractivity contribution >= 4 is 73.7 Å². The highest BCUT2D eigenvalue weighted by atomic mass is 127. The molecule has 1 aromatic rings. The van der Waals surface area contributed by atoms with Crippen molar-refractivity contribution in [3.8, 4) is 0 Å². The average Bonchev–Trinajstić information content (AvgIpc) is 2.09. The van der Waals surface area contributed by atoms with Gasteiger partial charge < -0.3 is 5.32 Å². The Kier molecular flexibility index (Phi) is 5.57. The second-order valence-corrected chi connectivity index (χ2v) is 6.86. The van der Waals surface area contributed by atoms with Crippen molar-refractivity contribution in [3.05, 3.63) is 28.4 Å². The van der Waals surface area contributed by atoms with Gasteiger partial charge in [0.2, 0.25) is 0 Å². The van der Waals surface area contributed by atoms with Gasteiger partial charge in [-0.05, 0) is 93.8 Å². The summed E-state index contributed by atoms with van der Waals surface area (Å²) in [7, 11) is 0. The second-order valence-electron chi connectivity index (χ2n) is 3.38. The van der Waals surface area contributed by atoms with Crippen LogP contribution >= 0.6 is 67.8 Å². The first-order valence-corrected chi connectivity index (χ1v) is 7.61. The Morgan fingerprint density at radius 3 is 2.40 bits per heavy atom. The van der Waals surface area contributed by atoms with E-state index in [0.717, 1.165) is 16.3 Å². The van der Waals surface area contributed by atoms with E-state index in [1.807, 2.05) is 19.9 Å². The van der Waals surface area contributed by atoms with Crippen LogP contribution < -0.4 is 5.32 Å². The normalized spacial score (nSPS) is 10.5. The molecule has 5 heteroatoms. The lowest BCUT2D eigenvalue weighted by Gasteiger charge is -2.11. The van der Waals surface area contributed by atoms with Crippen LogP contribution in [-0.4, -0.2) is 11.9 Å². The zero-order valence-corrected chi connectivity index (χ0v) is 14.7. The Morgan fingerprint density at radius 2 is 1.87 bits per heavy atom. The molecule has 1 N–H and O–H groups in total. The predicted molar refractivity (Wildman–Crippen MR) is 87.2 cm³/mol. The third-order valence-corrected chi connectivity index (χ3v) is 5.33. The van der Waals surface area contributed by atoms with E-state index < -0.39 is 0 Å². The van der Waals surface area contributed by atoms with Crippen molar-refractivity contribution in [3.63, 3.8) is 0 Å². The lowest BCUT2D eigenvalue weighted by Crippen LogP contribution is -2.30. The van der Waals surface area contributed by atoms with Gasteiger partial charge in [-0.3, -0.25) is 4.79 Å². The number of carbonyl (C=O) groups excluding carboxylic acids is 1. The molecule has 15 heavy (non-hydrogen) atoms. The molecule has 82 valence electrons. The highest BCUT2D eigenvalue weighted by molar-refractivity contribution is 14.1. The van der Waals surface area contributed by atoms with Crippen molar-refractivity contribution in [1.29, 1.82) is 0 Å². The Labute approximate surface area is 130 Å². The lowest BCUT2D eigenvalue weighted by atomic mass is 10.2. The number of amides is 1. The quantitative estimate of drug-likeness (QED) is 0.451. The molecule has 0 aliphatic carbocycles. The minimum absolute atomic E-state index is 0.00540. The summed E-state index contributed by atoms with van der Waals surface area (Å²) < 4.78 is 3.23. The standard InChI is InChI=1S/C10H10I3NO/c1-5(2)14-10(15)7-3-6(11)4-8(12)9(7)13/h3-5H,1-2H3,(H,14,15). The molecule has 0 spiro atoms. The molecule has 0 aromatic heterocycles. The average molecular weight is 541 g/mol. The minimum Gasteiger partial charge on any atom is -0.350 e. The van der Waals surface area contributed by atoms with Gasteiger partial charge in [0.1, 0.15) is 0 Å². The topological polar surface area (TPSA) is 29.1 Å². The van der Waals surface area contributed by atoms with E-state index in [0.29, 0.717) is 0 Å². The first-order chi connectivity index (χ1) is 6.91. The molecule has 1 aromatic carbocycles. The third-order valence-electron chi connectivity index (χ3n) is 1.66. The van der Waals surface area contributed by atoms with Gasteiger partial charge in [0.05, 0.1) is 5.56 Å². The monoisotopic (exact) mass is 541 g/mol. The van der Waals surface area contributed by atoms with Gasteiger partial charge >= 0.3 is 0 Å². The number of benzene rings is 1. The molecule has 2 nitrogen and oxygen atoms in total. The number of carbonyl (C=O) groups is 1. The van der Waals surface area contributed by atoms with E-state index >= 15 is 0 Å². The fourth-order valence-electron chi connectivity index (χ4n) is 1.06. The Balaban J connectivity index is 3.08. The summed E-state index contributed by atoms with van der Waals surface area (Å²) in [5, 5.41) is 2.90. The van der Waals surface area contributed by atoms with Gasteiger partial charge in [-0.15, -0.1) is 0 Å². The summed E-state index contributed by atoms with van der Waals surface area (Å²) in [5.41, 5.74) is 0.764. The van der Waals surface area contributed by atoms with Gasteiger partial charge in [-0.2, -0.15) is 0 Å². The molecule has 0 atom stereocenters. The molecule has 0 radical (unpaired) electrons. The summed E-state index contributed by atoms with van der Waals surface area (Å²) in [5.74, 6) is 0.00540. The van der Waals surface area contributed by atoms with Crippen molar-refractivity contribution in [2.45, 2.75) is 19.9 Å². The van der Waals surface area contributed by atoms with Gasteiger partial charge in [0, 0.05) is 16.8 Å². The summed E-state index contributed by atoms with van der Waals surface area (Å²) in [6.07, 6.45) is 0. The van der Waals surface area contributed by atoms with Crippen molar-refractivity contribution in [2.75, 3.05) is 0 Å². The van der Waals surface area contributed by atoms with Crippen molar-refractivity contribution in [2.24, 2.45) is 0 Å². The molecule has 0 aliphatic heterocycles. The Bertz CT molecular complexity index is 390. The third kappa shape index (κ3) is 3.99. The number of hydrogen-bond donors (Lipinski definition) is 1. The lowest BCUT2D eigenvalue weighted by molar-refractivity contribution is 0.0942. The van der Waals surface area contributed by atoms with Crippen LogP contribution in [0.1, 0.15) is 24.2 Å². The highest BCUT2D eigenvalue weighted by Crippen LogP contribution is 2.22. The van der Waals surface area contributed by atoms with E-state index in [2.05, 4.69) is 79.2 Å². The van der Waals surface area contributed by atoms with E-state index in [4.69, 9.17) is 0 Å². The van der Waals surface area contributed by atoms with Crippen molar-refractivity contribution < 1.29 is 4.79 Å². The van der Waals surface area contributed by atoms with Crippen LogP contribution in [0.2, 0.25) is 0 Å². The molecule has 0 saturated carbocycles. The minimum atomic E-state index is 0.00540. The summed E-state index contributed by atoms with van der Waals surface area (Å²) in [4.78, 5) is 11.9. The van der Waals surface area contributed by atoms with E-state index in [9.17, 15) is 4.79 Å². The number of hydrogen-bond acceptors (Lipinski definition) is 1. The van der Waals surface area contributed by atoms with Gasteiger partial charge in [0.25, 0.3) is 5.91 Å². The predicted octanol–water partition coefficient (Wildman–Crippen LogP) is 3.64. The van der Waals surface area contributed by atoms with Gasteiger partial charge in [0.15, 0.2) is 0 Å². The van der Waals surface area contributed by atoms with Gasteiger partial charge in [-0.1, -0.05) is 0 Å². The maximum absolute atomic E-state index is 11.9. The van der Waals surface area contributed by atoms with Crippen LogP contribution in [0.25, 0.3) is 0 Å². The first-order valence-electron chi connectivity index (χ1n) is 4.37.